The van der Waals surface area contributed by atoms with E-state index < -0.39 is 0 Å². The first-order chi connectivity index (χ1) is 5.84. The minimum absolute atomic E-state index is 0.981. The van der Waals surface area contributed by atoms with Crippen LogP contribution >= 0.6 is 0 Å². The fourth-order valence-corrected chi connectivity index (χ4v) is 2.51. The van der Waals surface area contributed by atoms with E-state index in [9.17, 15) is 0 Å². The molecular formula is C12H18. The summed E-state index contributed by atoms with van der Waals surface area (Å²) in [6.45, 7) is 2.27. The smallest absolute Gasteiger partial charge is 0.0292 e. The molecule has 0 saturated heterocycles. The van der Waals surface area contributed by atoms with Crippen LogP contribution < -0.4 is 0 Å². The van der Waals surface area contributed by atoms with Crippen molar-refractivity contribution in [3.8, 4) is 0 Å². The number of rotatable bonds is 2. The molecule has 0 aromatic carbocycles. The quantitative estimate of drug-likeness (QED) is 0.543. The van der Waals surface area contributed by atoms with Crippen molar-refractivity contribution in [3.63, 3.8) is 0 Å². The predicted octanol–water partition coefficient (Wildman–Crippen LogP) is 3.70. The molecule has 0 radical (unpaired) electrons. The molecule has 0 saturated carbocycles. The van der Waals surface area contributed by atoms with Crippen LogP contribution in [0.25, 0.3) is 0 Å². The molecule has 1 unspecified atom stereocenters. The molecule has 2 rings (SSSR count). The van der Waals surface area contributed by atoms with Gasteiger partial charge in [-0.3, -0.25) is 0 Å². The summed E-state index contributed by atoms with van der Waals surface area (Å²) < 4.78 is 0. The first-order valence-electron chi connectivity index (χ1n) is 5.15. The fourth-order valence-electron chi connectivity index (χ4n) is 2.51. The Balaban J connectivity index is 1.74. The van der Waals surface area contributed by atoms with Crippen LogP contribution in [0.2, 0.25) is 0 Å². The average Bonchev–Trinajstić information content (AvgIpc) is 2.63. The summed E-state index contributed by atoms with van der Waals surface area (Å²) in [6.07, 6.45) is 14.0. The second-order valence-electron chi connectivity index (χ2n) is 4.40. The van der Waals surface area contributed by atoms with Gasteiger partial charge in [-0.05, 0) is 50.9 Å². The van der Waals surface area contributed by atoms with Crippen LogP contribution in [0.5, 0.6) is 0 Å². The molecule has 0 nitrogen and oxygen atoms in total. The van der Waals surface area contributed by atoms with Gasteiger partial charge in [0.25, 0.3) is 0 Å². The highest BCUT2D eigenvalue weighted by Gasteiger charge is 2.19. The lowest BCUT2D eigenvalue weighted by molar-refractivity contribution is 0.396. The van der Waals surface area contributed by atoms with Crippen LogP contribution in [0, 0.1) is 11.8 Å². The highest BCUT2D eigenvalue weighted by Crippen LogP contribution is 2.33. The normalized spacial score (nSPS) is 29.8. The molecular weight excluding hydrogens is 144 g/mol. The van der Waals surface area contributed by atoms with Gasteiger partial charge in [0.05, 0.1) is 0 Å². The van der Waals surface area contributed by atoms with Gasteiger partial charge in [0.2, 0.25) is 0 Å². The lowest BCUT2D eigenvalue weighted by Gasteiger charge is -2.14. The van der Waals surface area contributed by atoms with E-state index in [1.165, 1.54) is 32.1 Å². The average molecular weight is 162 g/mol. The lowest BCUT2D eigenvalue weighted by Crippen LogP contribution is -2.03. The Labute approximate surface area is 75.4 Å². The molecule has 0 heteroatoms. The summed E-state index contributed by atoms with van der Waals surface area (Å²) >= 11 is 0. The van der Waals surface area contributed by atoms with E-state index in [0.717, 1.165) is 11.8 Å². The van der Waals surface area contributed by atoms with Crippen molar-refractivity contribution < 1.29 is 0 Å². The van der Waals surface area contributed by atoms with Crippen molar-refractivity contribution in [2.75, 3.05) is 0 Å². The largest absolute Gasteiger partial charge is 0.0882 e. The van der Waals surface area contributed by atoms with E-state index in [4.69, 9.17) is 0 Å². The zero-order chi connectivity index (χ0) is 8.39. The highest BCUT2D eigenvalue weighted by atomic mass is 14.2. The molecule has 0 aliphatic heterocycles. The second kappa shape index (κ2) is 3.47. The van der Waals surface area contributed by atoms with Crippen LogP contribution in [-0.4, -0.2) is 0 Å². The Bertz CT molecular complexity index is 202. The number of hydrogen-bond donors (Lipinski definition) is 0. The third-order valence-corrected chi connectivity index (χ3v) is 3.18. The molecule has 0 bridgehead atoms. The summed E-state index contributed by atoms with van der Waals surface area (Å²) in [4.78, 5) is 0. The monoisotopic (exact) mass is 162 g/mol. The molecule has 2 aliphatic rings. The van der Waals surface area contributed by atoms with Gasteiger partial charge >= 0.3 is 0 Å². The first kappa shape index (κ1) is 8.10. The zero-order valence-corrected chi connectivity index (χ0v) is 7.92. The standard InChI is InChI=1S/C12H18/c1-10-6-7-12(8-10)9-11-4-2-3-5-11/h2-3,6,11-12H,4-5,7-9H2,1H3. The van der Waals surface area contributed by atoms with E-state index in [-0.39, 0.29) is 0 Å². The van der Waals surface area contributed by atoms with Gasteiger partial charge in [0.15, 0.2) is 0 Å². The molecule has 0 spiro atoms. The van der Waals surface area contributed by atoms with Crippen LogP contribution in [0.4, 0.5) is 0 Å². The zero-order valence-electron chi connectivity index (χ0n) is 7.92. The summed E-state index contributed by atoms with van der Waals surface area (Å²) in [5.41, 5.74) is 1.62. The van der Waals surface area contributed by atoms with Crippen molar-refractivity contribution in [1.82, 2.24) is 0 Å². The van der Waals surface area contributed by atoms with Crippen molar-refractivity contribution in [2.45, 2.75) is 39.0 Å². The third-order valence-electron chi connectivity index (χ3n) is 3.18. The minimum Gasteiger partial charge on any atom is -0.0882 e. The molecule has 1 atom stereocenters. The van der Waals surface area contributed by atoms with E-state index in [1.807, 2.05) is 0 Å². The van der Waals surface area contributed by atoms with E-state index in [2.05, 4.69) is 25.2 Å². The van der Waals surface area contributed by atoms with Crippen molar-refractivity contribution in [3.05, 3.63) is 23.8 Å². The molecule has 2 aliphatic carbocycles. The molecule has 12 heavy (non-hydrogen) atoms. The minimum atomic E-state index is 0.981. The number of allylic oxidation sites excluding steroid dienone is 4. The van der Waals surface area contributed by atoms with Crippen LogP contribution in [0.3, 0.4) is 0 Å². The molecule has 0 amide bonds. The fraction of sp³-hybridized carbons (Fsp3) is 0.667. The third kappa shape index (κ3) is 1.80. The Hall–Kier alpha value is -0.520. The molecule has 0 heterocycles. The Morgan fingerprint density at radius 2 is 1.92 bits per heavy atom. The maximum Gasteiger partial charge on any atom is -0.0292 e. The maximum absolute atomic E-state index is 2.42. The molecule has 0 aromatic heterocycles. The van der Waals surface area contributed by atoms with Gasteiger partial charge < -0.3 is 0 Å². The van der Waals surface area contributed by atoms with Gasteiger partial charge in [-0.1, -0.05) is 23.8 Å². The SMILES string of the molecule is CC1=CCC(CC2CC=CC2)C1. The van der Waals surface area contributed by atoms with Gasteiger partial charge in [0.1, 0.15) is 0 Å². The van der Waals surface area contributed by atoms with Crippen molar-refractivity contribution >= 4 is 0 Å². The highest BCUT2D eigenvalue weighted by molar-refractivity contribution is 5.07. The van der Waals surface area contributed by atoms with E-state index in [0.29, 0.717) is 0 Å². The number of hydrogen-bond acceptors (Lipinski definition) is 0. The first-order valence-corrected chi connectivity index (χ1v) is 5.15. The Kier molecular flexibility index (Phi) is 2.34. The van der Waals surface area contributed by atoms with Gasteiger partial charge in [-0.2, -0.15) is 0 Å². The Morgan fingerprint density at radius 1 is 1.17 bits per heavy atom. The lowest BCUT2D eigenvalue weighted by atomic mass is 9.91. The van der Waals surface area contributed by atoms with Gasteiger partial charge in [-0.15, -0.1) is 0 Å². The topological polar surface area (TPSA) is 0 Å². The van der Waals surface area contributed by atoms with Gasteiger partial charge in [-0.25, -0.2) is 0 Å². The van der Waals surface area contributed by atoms with Gasteiger partial charge in [0, 0.05) is 0 Å². The van der Waals surface area contributed by atoms with E-state index >= 15 is 0 Å². The summed E-state index contributed by atoms with van der Waals surface area (Å²) in [6, 6.07) is 0. The Morgan fingerprint density at radius 3 is 2.50 bits per heavy atom. The molecule has 0 fully saturated rings. The van der Waals surface area contributed by atoms with Crippen LogP contribution in [-0.2, 0) is 0 Å². The van der Waals surface area contributed by atoms with Crippen molar-refractivity contribution in [1.29, 1.82) is 0 Å². The molecule has 66 valence electrons. The summed E-state index contributed by atoms with van der Waals surface area (Å²) in [7, 11) is 0. The summed E-state index contributed by atoms with van der Waals surface area (Å²) in [5, 5.41) is 0. The predicted molar refractivity (Wildman–Crippen MR) is 53.0 cm³/mol. The van der Waals surface area contributed by atoms with Crippen LogP contribution in [0.15, 0.2) is 23.8 Å². The maximum atomic E-state index is 2.42. The second-order valence-corrected chi connectivity index (χ2v) is 4.40. The van der Waals surface area contributed by atoms with E-state index in [1.54, 1.807) is 5.57 Å². The van der Waals surface area contributed by atoms with Crippen molar-refractivity contribution in [2.24, 2.45) is 11.8 Å². The molecule has 0 aromatic rings. The summed E-state index contributed by atoms with van der Waals surface area (Å²) in [5.74, 6) is 1.96. The molecule has 0 N–H and O–H groups in total. The van der Waals surface area contributed by atoms with Crippen LogP contribution in [0.1, 0.15) is 39.0 Å².